The number of fused-ring (bicyclic) bond motifs is 1. The second kappa shape index (κ2) is 11.0. The molecule has 2 aromatic heterocycles. The molecule has 3 nitrogen and oxygen atoms in total. The molecule has 5 heteroatoms. The fraction of sp³-hybridized carbons (Fsp3) is 0.212. The van der Waals surface area contributed by atoms with Crippen molar-refractivity contribution in [2.75, 3.05) is 0 Å². The van der Waals surface area contributed by atoms with Crippen LogP contribution in [0, 0.1) is 12.1 Å². The molecular weight excluding hydrogens is 664 g/mol. The van der Waals surface area contributed by atoms with E-state index >= 15 is 0 Å². The first-order valence-corrected chi connectivity index (χ1v) is 16.2. The van der Waals surface area contributed by atoms with Gasteiger partial charge < -0.3 is 9.72 Å². The van der Waals surface area contributed by atoms with Gasteiger partial charge in [-0.3, -0.25) is 4.98 Å². The van der Waals surface area contributed by atoms with Gasteiger partial charge in [0.1, 0.15) is 0 Å². The van der Waals surface area contributed by atoms with Crippen LogP contribution >= 0.6 is 0 Å². The monoisotopic (exact) mass is 695 g/mol. The Bertz CT molecular complexity index is 1570. The van der Waals surface area contributed by atoms with Crippen molar-refractivity contribution < 1.29 is 25.8 Å². The molecular formula is C33H32N2OPtSi. The normalized spacial score (nSPS) is 11.7. The average Bonchev–Trinajstić information content (AvgIpc) is 2.87. The number of rotatable bonds is 5. The van der Waals surface area contributed by atoms with Crippen molar-refractivity contribution in [2.24, 2.45) is 0 Å². The molecule has 194 valence electrons. The van der Waals surface area contributed by atoms with Crippen LogP contribution in [0.5, 0.6) is 11.6 Å². The summed E-state index contributed by atoms with van der Waals surface area (Å²) < 4.78 is 6.34. The van der Waals surface area contributed by atoms with E-state index in [1.165, 1.54) is 16.1 Å². The molecule has 0 spiro atoms. The Morgan fingerprint density at radius 1 is 0.763 bits per heavy atom. The third-order valence-electron chi connectivity index (χ3n) is 6.45. The van der Waals surface area contributed by atoms with Gasteiger partial charge in [-0.25, -0.2) is 0 Å². The summed E-state index contributed by atoms with van der Waals surface area (Å²) in [4.78, 5) is 9.43. The average molecular weight is 696 g/mol. The summed E-state index contributed by atoms with van der Waals surface area (Å²) in [6.07, 6.45) is 1.79. The molecule has 5 rings (SSSR count). The van der Waals surface area contributed by atoms with Gasteiger partial charge in [-0.15, -0.1) is 52.9 Å². The van der Waals surface area contributed by atoms with Crippen molar-refractivity contribution in [1.29, 1.82) is 0 Å². The van der Waals surface area contributed by atoms with Crippen LogP contribution in [-0.4, -0.2) is 18.0 Å². The Morgan fingerprint density at radius 3 is 2.24 bits per heavy atom. The van der Waals surface area contributed by atoms with E-state index in [0.717, 1.165) is 27.9 Å². The fourth-order valence-corrected chi connectivity index (χ4v) is 5.53. The Morgan fingerprint density at radius 2 is 1.53 bits per heavy atom. The SMILES string of the molecule is CC(C)(C)c1cc(-c2cc([Si](C)(C)C)cc(Oc3[c-]c(-c4ccccn4)ccc3)n2)[c-]c2ccccc12.[Pt+2]. The number of nitrogens with zero attached hydrogens (tertiary/aromatic N) is 2. The zero-order valence-electron chi connectivity index (χ0n) is 22.7. The van der Waals surface area contributed by atoms with E-state index < -0.39 is 8.07 Å². The molecule has 2 heterocycles. The number of pyridine rings is 2. The zero-order chi connectivity index (χ0) is 26.2. The predicted octanol–water partition coefficient (Wildman–Crippen LogP) is 8.20. The molecule has 0 atom stereocenters. The second-order valence-electron chi connectivity index (χ2n) is 11.5. The molecule has 3 aromatic carbocycles. The van der Waals surface area contributed by atoms with Crippen LogP contribution in [-0.2, 0) is 26.5 Å². The topological polar surface area (TPSA) is 35.0 Å². The minimum atomic E-state index is -1.67. The van der Waals surface area contributed by atoms with E-state index in [2.05, 4.69) is 100.0 Å². The first-order valence-electron chi connectivity index (χ1n) is 12.7. The number of benzene rings is 3. The first-order chi connectivity index (χ1) is 17.6. The van der Waals surface area contributed by atoms with Crippen molar-refractivity contribution in [3.05, 3.63) is 103 Å². The molecule has 0 radical (unpaired) electrons. The maximum absolute atomic E-state index is 6.34. The van der Waals surface area contributed by atoms with E-state index in [4.69, 9.17) is 9.72 Å². The fourth-order valence-electron chi connectivity index (χ4n) is 4.41. The Balaban J connectivity index is 0.00000336. The van der Waals surface area contributed by atoms with Crippen LogP contribution in [0.15, 0.2) is 85.1 Å². The van der Waals surface area contributed by atoms with Crippen LogP contribution < -0.4 is 9.92 Å². The zero-order valence-corrected chi connectivity index (χ0v) is 26.0. The Kier molecular flexibility index (Phi) is 8.06. The van der Waals surface area contributed by atoms with Crippen LogP contribution in [0.2, 0.25) is 19.6 Å². The largest absolute Gasteiger partial charge is 2.00 e. The van der Waals surface area contributed by atoms with Gasteiger partial charge in [-0.05, 0) is 23.2 Å². The van der Waals surface area contributed by atoms with Gasteiger partial charge in [-0.2, -0.15) is 0 Å². The van der Waals surface area contributed by atoms with Gasteiger partial charge in [0.25, 0.3) is 0 Å². The van der Waals surface area contributed by atoms with Gasteiger partial charge in [-0.1, -0.05) is 99.0 Å². The number of hydrogen-bond acceptors (Lipinski definition) is 3. The van der Waals surface area contributed by atoms with E-state index in [1.54, 1.807) is 6.20 Å². The van der Waals surface area contributed by atoms with E-state index in [9.17, 15) is 0 Å². The van der Waals surface area contributed by atoms with Crippen LogP contribution in [0.1, 0.15) is 26.3 Å². The van der Waals surface area contributed by atoms with Gasteiger partial charge >= 0.3 is 21.1 Å². The van der Waals surface area contributed by atoms with Crippen LogP contribution in [0.25, 0.3) is 33.3 Å². The van der Waals surface area contributed by atoms with Crippen molar-refractivity contribution in [3.8, 4) is 34.1 Å². The van der Waals surface area contributed by atoms with Crippen molar-refractivity contribution in [1.82, 2.24) is 9.97 Å². The maximum atomic E-state index is 6.34. The summed E-state index contributed by atoms with van der Waals surface area (Å²) in [5, 5.41) is 3.62. The quantitative estimate of drug-likeness (QED) is 0.137. The molecule has 0 aliphatic carbocycles. The van der Waals surface area contributed by atoms with E-state index in [-0.39, 0.29) is 26.5 Å². The third kappa shape index (κ3) is 6.14. The molecule has 0 saturated heterocycles. The van der Waals surface area contributed by atoms with Gasteiger partial charge in [0, 0.05) is 17.6 Å². The summed E-state index contributed by atoms with van der Waals surface area (Å²) in [5.41, 5.74) is 4.89. The second-order valence-corrected chi connectivity index (χ2v) is 16.5. The molecule has 0 unspecified atom stereocenters. The summed E-state index contributed by atoms with van der Waals surface area (Å²) in [6, 6.07) is 33.7. The van der Waals surface area contributed by atoms with Crippen molar-refractivity contribution >= 4 is 24.0 Å². The number of aromatic nitrogens is 2. The van der Waals surface area contributed by atoms with Crippen LogP contribution in [0.3, 0.4) is 0 Å². The molecule has 0 N–H and O–H groups in total. The number of hydrogen-bond donors (Lipinski definition) is 0. The minimum Gasteiger partial charge on any atom is -0.459 e. The molecule has 0 saturated carbocycles. The molecule has 38 heavy (non-hydrogen) atoms. The van der Waals surface area contributed by atoms with Crippen molar-refractivity contribution in [2.45, 2.75) is 45.8 Å². The van der Waals surface area contributed by atoms with E-state index in [0.29, 0.717) is 11.6 Å². The van der Waals surface area contributed by atoms with Crippen LogP contribution in [0.4, 0.5) is 0 Å². The summed E-state index contributed by atoms with van der Waals surface area (Å²) in [5.74, 6) is 1.19. The molecule has 0 amide bonds. The van der Waals surface area contributed by atoms with Gasteiger partial charge in [0.15, 0.2) is 0 Å². The molecule has 0 aliphatic rings. The number of ether oxygens (including phenoxy) is 1. The predicted molar refractivity (Wildman–Crippen MR) is 156 cm³/mol. The first kappa shape index (κ1) is 27.9. The smallest absolute Gasteiger partial charge is 0.459 e. The summed E-state index contributed by atoms with van der Waals surface area (Å²) in [6.45, 7) is 13.8. The maximum Gasteiger partial charge on any atom is 2.00 e. The third-order valence-corrected chi connectivity index (χ3v) is 8.47. The standard InChI is InChI=1S/C33H32N2OSi.Pt/c1-33(2,3)29-20-25(18-23-12-7-8-15-28(23)29)31-21-27(37(4,5)6)22-32(35-31)36-26-14-11-13-24(19-26)30-16-9-10-17-34-30;/h7-17,20-22H,1-6H3;/q-2;+2. The van der Waals surface area contributed by atoms with E-state index in [1.807, 2.05) is 36.4 Å². The Hall–Kier alpha value is -3.07. The molecule has 5 aromatic rings. The molecule has 0 fully saturated rings. The summed E-state index contributed by atoms with van der Waals surface area (Å²) in [7, 11) is -1.67. The molecule has 0 bridgehead atoms. The van der Waals surface area contributed by atoms with Crippen molar-refractivity contribution in [3.63, 3.8) is 0 Å². The molecule has 0 aliphatic heterocycles. The van der Waals surface area contributed by atoms with Gasteiger partial charge in [0.05, 0.1) is 8.07 Å². The van der Waals surface area contributed by atoms with Gasteiger partial charge in [0.2, 0.25) is 5.88 Å². The summed E-state index contributed by atoms with van der Waals surface area (Å²) >= 11 is 0. The minimum absolute atomic E-state index is 0. The Labute approximate surface area is 241 Å².